The number of ether oxygens (including phenoxy) is 1. The first-order valence-corrected chi connectivity index (χ1v) is 6.30. The van der Waals surface area contributed by atoms with Gasteiger partial charge in [-0.15, -0.1) is 0 Å². The summed E-state index contributed by atoms with van der Waals surface area (Å²) in [6.07, 6.45) is 4.38. The molecule has 2 heteroatoms. The van der Waals surface area contributed by atoms with Gasteiger partial charge in [0, 0.05) is 6.42 Å². The standard InChI is InChI=1S/C15H20O2/c1-10-7-11(2)15(14(8-10)17-3)13(16)9-12-5-4-6-12/h7-8,12H,4-6,9H2,1-3H3. The fourth-order valence-electron chi connectivity index (χ4n) is 2.51. The highest BCUT2D eigenvalue weighted by Crippen LogP contribution is 2.33. The van der Waals surface area contributed by atoms with E-state index in [4.69, 9.17) is 4.74 Å². The molecule has 1 aliphatic rings. The summed E-state index contributed by atoms with van der Waals surface area (Å²) >= 11 is 0. The molecule has 0 bridgehead atoms. The maximum atomic E-state index is 12.3. The first-order chi connectivity index (χ1) is 8.11. The zero-order valence-corrected chi connectivity index (χ0v) is 10.9. The average Bonchev–Trinajstić information content (AvgIpc) is 2.21. The number of hydrogen-bond acceptors (Lipinski definition) is 2. The number of rotatable bonds is 4. The molecule has 0 atom stereocenters. The van der Waals surface area contributed by atoms with Crippen molar-refractivity contribution in [3.05, 3.63) is 28.8 Å². The second kappa shape index (κ2) is 4.91. The van der Waals surface area contributed by atoms with E-state index in [2.05, 4.69) is 6.07 Å². The van der Waals surface area contributed by atoms with Crippen LogP contribution >= 0.6 is 0 Å². The molecule has 0 spiro atoms. The molecule has 1 aromatic carbocycles. The molecule has 0 radical (unpaired) electrons. The Balaban J connectivity index is 2.26. The van der Waals surface area contributed by atoms with E-state index in [9.17, 15) is 4.79 Å². The lowest BCUT2D eigenvalue weighted by Gasteiger charge is -2.25. The first-order valence-electron chi connectivity index (χ1n) is 6.30. The summed E-state index contributed by atoms with van der Waals surface area (Å²) in [6, 6.07) is 4.00. The van der Waals surface area contributed by atoms with Crippen LogP contribution in [0.2, 0.25) is 0 Å². The molecule has 92 valence electrons. The molecule has 0 aromatic heterocycles. The highest BCUT2D eigenvalue weighted by atomic mass is 16.5. The molecule has 0 saturated heterocycles. The van der Waals surface area contributed by atoms with Crippen molar-refractivity contribution in [2.75, 3.05) is 7.11 Å². The van der Waals surface area contributed by atoms with Crippen LogP contribution in [0.1, 0.15) is 47.2 Å². The Bertz CT molecular complexity index is 431. The smallest absolute Gasteiger partial charge is 0.167 e. The fraction of sp³-hybridized carbons (Fsp3) is 0.533. The van der Waals surface area contributed by atoms with E-state index in [0.29, 0.717) is 12.3 Å². The number of Topliss-reactive ketones (excluding diaryl/α,β-unsaturated/α-hetero) is 1. The van der Waals surface area contributed by atoms with Crippen LogP contribution in [0.3, 0.4) is 0 Å². The zero-order valence-electron chi connectivity index (χ0n) is 10.9. The van der Waals surface area contributed by atoms with Crippen LogP contribution in [0.25, 0.3) is 0 Å². The van der Waals surface area contributed by atoms with Gasteiger partial charge in [-0.05, 0) is 37.0 Å². The van der Waals surface area contributed by atoms with Gasteiger partial charge in [0.15, 0.2) is 5.78 Å². The summed E-state index contributed by atoms with van der Waals surface area (Å²) in [5.41, 5.74) is 2.95. The van der Waals surface area contributed by atoms with Crippen molar-refractivity contribution >= 4 is 5.78 Å². The van der Waals surface area contributed by atoms with Crippen LogP contribution in [0.5, 0.6) is 5.75 Å². The minimum atomic E-state index is 0.240. The minimum absolute atomic E-state index is 0.240. The van der Waals surface area contributed by atoms with Crippen LogP contribution in [0, 0.1) is 19.8 Å². The van der Waals surface area contributed by atoms with Gasteiger partial charge in [0.2, 0.25) is 0 Å². The number of methoxy groups -OCH3 is 1. The van der Waals surface area contributed by atoms with Crippen LogP contribution in [-0.4, -0.2) is 12.9 Å². The molecule has 1 aliphatic carbocycles. The number of carbonyl (C=O) groups excluding carboxylic acids is 1. The third kappa shape index (κ3) is 2.51. The number of ketones is 1. The lowest BCUT2D eigenvalue weighted by atomic mass is 9.80. The lowest BCUT2D eigenvalue weighted by Crippen LogP contribution is -2.17. The van der Waals surface area contributed by atoms with Crippen molar-refractivity contribution in [2.45, 2.75) is 39.5 Å². The van der Waals surface area contributed by atoms with Crippen LogP contribution in [0.15, 0.2) is 12.1 Å². The summed E-state index contributed by atoms with van der Waals surface area (Å²) in [5, 5.41) is 0. The van der Waals surface area contributed by atoms with Gasteiger partial charge in [-0.3, -0.25) is 4.79 Å². The van der Waals surface area contributed by atoms with E-state index >= 15 is 0 Å². The topological polar surface area (TPSA) is 26.3 Å². The van der Waals surface area contributed by atoms with Gasteiger partial charge in [-0.2, -0.15) is 0 Å². The lowest BCUT2D eigenvalue weighted by molar-refractivity contribution is 0.0933. The van der Waals surface area contributed by atoms with Gasteiger partial charge in [0.1, 0.15) is 5.75 Å². The predicted octanol–water partition coefficient (Wildman–Crippen LogP) is 3.68. The van der Waals surface area contributed by atoms with E-state index in [0.717, 1.165) is 22.4 Å². The molecule has 1 saturated carbocycles. The van der Waals surface area contributed by atoms with Crippen molar-refractivity contribution < 1.29 is 9.53 Å². The molecular weight excluding hydrogens is 212 g/mol. The maximum Gasteiger partial charge on any atom is 0.167 e. The number of carbonyl (C=O) groups is 1. The molecular formula is C15H20O2. The molecule has 17 heavy (non-hydrogen) atoms. The van der Waals surface area contributed by atoms with Crippen molar-refractivity contribution in [1.29, 1.82) is 0 Å². The SMILES string of the molecule is COc1cc(C)cc(C)c1C(=O)CC1CCC1. The average molecular weight is 232 g/mol. The Morgan fingerprint density at radius 3 is 2.59 bits per heavy atom. The van der Waals surface area contributed by atoms with Crippen LogP contribution in [0.4, 0.5) is 0 Å². The molecule has 0 heterocycles. The predicted molar refractivity (Wildman–Crippen MR) is 68.8 cm³/mol. The van der Waals surface area contributed by atoms with E-state index in [1.807, 2.05) is 19.9 Å². The monoisotopic (exact) mass is 232 g/mol. The number of benzene rings is 1. The summed E-state index contributed by atoms with van der Waals surface area (Å²) in [5.74, 6) is 1.57. The zero-order chi connectivity index (χ0) is 12.4. The Labute approximate surface area is 103 Å². The van der Waals surface area contributed by atoms with Crippen molar-refractivity contribution in [1.82, 2.24) is 0 Å². The van der Waals surface area contributed by atoms with E-state index in [1.54, 1.807) is 7.11 Å². The Hall–Kier alpha value is -1.31. The summed E-state index contributed by atoms with van der Waals surface area (Å²) < 4.78 is 5.34. The quantitative estimate of drug-likeness (QED) is 0.740. The van der Waals surface area contributed by atoms with Crippen LogP contribution in [-0.2, 0) is 0 Å². The maximum absolute atomic E-state index is 12.3. The second-order valence-corrected chi connectivity index (χ2v) is 5.08. The van der Waals surface area contributed by atoms with Crippen molar-refractivity contribution in [3.63, 3.8) is 0 Å². The van der Waals surface area contributed by atoms with Gasteiger partial charge in [0.05, 0.1) is 12.7 Å². The largest absolute Gasteiger partial charge is 0.496 e. The number of hydrogen-bond donors (Lipinski definition) is 0. The van der Waals surface area contributed by atoms with Gasteiger partial charge in [-0.1, -0.05) is 25.3 Å². The van der Waals surface area contributed by atoms with E-state index in [1.165, 1.54) is 19.3 Å². The fourth-order valence-corrected chi connectivity index (χ4v) is 2.51. The summed E-state index contributed by atoms with van der Waals surface area (Å²) in [7, 11) is 1.63. The Kier molecular flexibility index (Phi) is 3.51. The highest BCUT2D eigenvalue weighted by Gasteiger charge is 2.24. The van der Waals surface area contributed by atoms with Gasteiger partial charge >= 0.3 is 0 Å². The van der Waals surface area contributed by atoms with Crippen molar-refractivity contribution in [2.24, 2.45) is 5.92 Å². The third-order valence-electron chi connectivity index (χ3n) is 3.64. The van der Waals surface area contributed by atoms with E-state index < -0.39 is 0 Å². The second-order valence-electron chi connectivity index (χ2n) is 5.08. The summed E-state index contributed by atoms with van der Waals surface area (Å²) in [4.78, 5) is 12.3. The van der Waals surface area contributed by atoms with Gasteiger partial charge < -0.3 is 4.74 Å². The molecule has 2 nitrogen and oxygen atoms in total. The molecule has 0 N–H and O–H groups in total. The van der Waals surface area contributed by atoms with E-state index in [-0.39, 0.29) is 5.78 Å². The molecule has 0 amide bonds. The first kappa shape index (κ1) is 12.2. The minimum Gasteiger partial charge on any atom is -0.496 e. The molecule has 1 aromatic rings. The number of aryl methyl sites for hydroxylation is 2. The molecule has 2 rings (SSSR count). The molecule has 1 fully saturated rings. The third-order valence-corrected chi connectivity index (χ3v) is 3.64. The van der Waals surface area contributed by atoms with Crippen molar-refractivity contribution in [3.8, 4) is 5.75 Å². The molecule has 0 unspecified atom stereocenters. The Morgan fingerprint density at radius 1 is 1.35 bits per heavy atom. The van der Waals surface area contributed by atoms with Gasteiger partial charge in [0.25, 0.3) is 0 Å². The molecule has 0 aliphatic heterocycles. The van der Waals surface area contributed by atoms with Gasteiger partial charge in [-0.25, -0.2) is 0 Å². The summed E-state index contributed by atoms with van der Waals surface area (Å²) in [6.45, 7) is 4.01. The highest BCUT2D eigenvalue weighted by molar-refractivity contribution is 6.00. The Morgan fingerprint density at radius 2 is 2.06 bits per heavy atom. The normalized spacial score (nSPS) is 15.5. The van der Waals surface area contributed by atoms with Crippen LogP contribution < -0.4 is 4.74 Å².